The van der Waals surface area contributed by atoms with Crippen LogP contribution in [-0.2, 0) is 14.3 Å². The second-order valence-corrected chi connectivity index (χ2v) is 6.08. The Morgan fingerprint density at radius 1 is 1.30 bits per heavy atom. The van der Waals surface area contributed by atoms with Gasteiger partial charge >= 0.3 is 0 Å². The summed E-state index contributed by atoms with van der Waals surface area (Å²) < 4.78 is 5.32. The van der Waals surface area contributed by atoms with Gasteiger partial charge in [-0.05, 0) is 29.9 Å². The molecular weight excluding hydrogens is 278 g/mol. The molecule has 2 fully saturated rings. The molecule has 1 heterocycles. The lowest BCUT2D eigenvalue weighted by Gasteiger charge is -2.52. The molecule has 20 heavy (non-hydrogen) atoms. The molecule has 1 unspecified atom stereocenters. The quantitative estimate of drug-likeness (QED) is 0.851. The van der Waals surface area contributed by atoms with Gasteiger partial charge in [-0.3, -0.25) is 14.9 Å². The van der Waals surface area contributed by atoms with Gasteiger partial charge in [0.2, 0.25) is 11.8 Å². The van der Waals surface area contributed by atoms with E-state index in [0.717, 1.165) is 18.4 Å². The molecule has 1 saturated carbocycles. The Morgan fingerprint density at radius 2 is 2.00 bits per heavy atom. The molecule has 1 aliphatic carbocycles. The van der Waals surface area contributed by atoms with Gasteiger partial charge in [0, 0.05) is 18.6 Å². The van der Waals surface area contributed by atoms with E-state index in [2.05, 4.69) is 5.32 Å². The summed E-state index contributed by atoms with van der Waals surface area (Å²) in [5.74, 6) is -0.822. The number of methoxy groups -OCH3 is 1. The van der Waals surface area contributed by atoms with Crippen molar-refractivity contribution in [1.82, 2.24) is 5.32 Å². The molecule has 1 N–H and O–H groups in total. The maximum absolute atomic E-state index is 12.3. The SMILES string of the molecule is COC1CC2(CC(=O)NC(=O)C2c2ccccc2Cl)C1. The minimum atomic E-state index is -0.375. The number of carbonyl (C=O) groups excluding carboxylic acids is 2. The van der Waals surface area contributed by atoms with Crippen LogP contribution in [-0.4, -0.2) is 25.0 Å². The van der Waals surface area contributed by atoms with E-state index in [9.17, 15) is 9.59 Å². The van der Waals surface area contributed by atoms with Crippen LogP contribution in [0, 0.1) is 5.41 Å². The zero-order valence-electron chi connectivity index (χ0n) is 11.2. The van der Waals surface area contributed by atoms with Gasteiger partial charge in [0.1, 0.15) is 0 Å². The third-order valence-electron chi connectivity index (χ3n) is 4.47. The number of amides is 2. The number of carbonyl (C=O) groups is 2. The summed E-state index contributed by atoms with van der Waals surface area (Å²) in [6.45, 7) is 0. The van der Waals surface area contributed by atoms with Gasteiger partial charge in [-0.25, -0.2) is 0 Å². The Kier molecular flexibility index (Phi) is 3.30. The molecule has 1 spiro atoms. The van der Waals surface area contributed by atoms with Gasteiger partial charge in [0.25, 0.3) is 0 Å². The zero-order valence-corrected chi connectivity index (χ0v) is 11.9. The predicted octanol–water partition coefficient (Wildman–Crippen LogP) is 2.27. The molecule has 0 bridgehead atoms. The molecule has 0 radical (unpaired) electrons. The van der Waals surface area contributed by atoms with Crippen LogP contribution in [0.4, 0.5) is 0 Å². The fourth-order valence-corrected chi connectivity index (χ4v) is 3.77. The number of ether oxygens (including phenoxy) is 1. The highest BCUT2D eigenvalue weighted by Crippen LogP contribution is 2.57. The van der Waals surface area contributed by atoms with Crippen molar-refractivity contribution < 1.29 is 14.3 Å². The molecule has 1 aromatic carbocycles. The monoisotopic (exact) mass is 293 g/mol. The number of rotatable bonds is 2. The van der Waals surface area contributed by atoms with Gasteiger partial charge in [0.15, 0.2) is 0 Å². The van der Waals surface area contributed by atoms with E-state index >= 15 is 0 Å². The standard InChI is InChI=1S/C15H16ClNO3/c1-20-9-6-15(7-9)8-12(18)17-14(19)13(15)10-4-2-3-5-11(10)16/h2-5,9,13H,6-8H2,1H3,(H,17,18,19). The summed E-state index contributed by atoms with van der Waals surface area (Å²) in [6, 6.07) is 7.35. The van der Waals surface area contributed by atoms with Crippen LogP contribution in [0.3, 0.4) is 0 Å². The van der Waals surface area contributed by atoms with Crippen molar-refractivity contribution in [2.24, 2.45) is 5.41 Å². The number of piperidine rings is 1. The first-order valence-electron chi connectivity index (χ1n) is 6.67. The summed E-state index contributed by atoms with van der Waals surface area (Å²) >= 11 is 6.24. The molecule has 1 aromatic rings. The van der Waals surface area contributed by atoms with E-state index in [4.69, 9.17) is 16.3 Å². The Bertz CT molecular complexity index is 566. The number of nitrogens with one attached hydrogen (secondary N) is 1. The van der Waals surface area contributed by atoms with Crippen LogP contribution >= 0.6 is 11.6 Å². The first kappa shape index (κ1) is 13.6. The first-order valence-corrected chi connectivity index (χ1v) is 7.04. The number of halogens is 1. The zero-order chi connectivity index (χ0) is 14.3. The van der Waals surface area contributed by atoms with Crippen LogP contribution in [0.25, 0.3) is 0 Å². The van der Waals surface area contributed by atoms with E-state index in [1.807, 2.05) is 18.2 Å². The van der Waals surface area contributed by atoms with Crippen LogP contribution in [0.5, 0.6) is 0 Å². The van der Waals surface area contributed by atoms with Gasteiger partial charge in [-0.1, -0.05) is 29.8 Å². The van der Waals surface area contributed by atoms with E-state index in [-0.39, 0.29) is 29.3 Å². The van der Waals surface area contributed by atoms with Crippen molar-refractivity contribution in [3.8, 4) is 0 Å². The highest BCUT2D eigenvalue weighted by atomic mass is 35.5. The Hall–Kier alpha value is -1.39. The smallest absolute Gasteiger partial charge is 0.234 e. The molecule has 1 aliphatic heterocycles. The van der Waals surface area contributed by atoms with E-state index in [1.54, 1.807) is 13.2 Å². The van der Waals surface area contributed by atoms with Crippen molar-refractivity contribution in [3.63, 3.8) is 0 Å². The number of hydrogen-bond donors (Lipinski definition) is 1. The maximum Gasteiger partial charge on any atom is 0.234 e. The maximum atomic E-state index is 12.3. The van der Waals surface area contributed by atoms with Crippen molar-refractivity contribution in [2.45, 2.75) is 31.3 Å². The summed E-state index contributed by atoms with van der Waals surface area (Å²) in [6.07, 6.45) is 1.92. The molecular formula is C15H16ClNO3. The van der Waals surface area contributed by atoms with E-state index in [1.165, 1.54) is 0 Å². The highest BCUT2D eigenvalue weighted by molar-refractivity contribution is 6.31. The molecule has 1 saturated heterocycles. The fourth-order valence-electron chi connectivity index (χ4n) is 3.53. The third kappa shape index (κ3) is 2.03. The summed E-state index contributed by atoms with van der Waals surface area (Å²) in [7, 11) is 1.66. The molecule has 5 heteroatoms. The van der Waals surface area contributed by atoms with Crippen molar-refractivity contribution in [2.75, 3.05) is 7.11 Å². The van der Waals surface area contributed by atoms with Crippen LogP contribution < -0.4 is 5.32 Å². The molecule has 2 aliphatic rings. The average molecular weight is 294 g/mol. The van der Waals surface area contributed by atoms with E-state index in [0.29, 0.717) is 11.4 Å². The van der Waals surface area contributed by atoms with Gasteiger partial charge < -0.3 is 4.74 Å². The second kappa shape index (κ2) is 4.86. The Labute approximate surface area is 122 Å². The normalized spacial score (nSPS) is 32.9. The average Bonchev–Trinajstić information content (AvgIpc) is 2.36. The lowest BCUT2D eigenvalue weighted by molar-refractivity contribution is -0.151. The van der Waals surface area contributed by atoms with Crippen molar-refractivity contribution >= 4 is 23.4 Å². The molecule has 0 aromatic heterocycles. The molecule has 3 rings (SSSR count). The van der Waals surface area contributed by atoms with E-state index < -0.39 is 0 Å². The number of benzene rings is 1. The Balaban J connectivity index is 2.00. The second-order valence-electron chi connectivity index (χ2n) is 5.67. The van der Waals surface area contributed by atoms with Gasteiger partial charge in [-0.2, -0.15) is 0 Å². The predicted molar refractivity (Wildman–Crippen MR) is 74.4 cm³/mol. The van der Waals surface area contributed by atoms with Gasteiger partial charge in [-0.15, -0.1) is 0 Å². The fraction of sp³-hybridized carbons (Fsp3) is 0.467. The largest absolute Gasteiger partial charge is 0.381 e. The topological polar surface area (TPSA) is 55.4 Å². The summed E-state index contributed by atoms with van der Waals surface area (Å²) in [5, 5.41) is 3.01. The molecule has 106 valence electrons. The molecule has 2 amide bonds. The molecule has 4 nitrogen and oxygen atoms in total. The molecule has 1 atom stereocenters. The van der Waals surface area contributed by atoms with Crippen LogP contribution in [0.15, 0.2) is 24.3 Å². The first-order chi connectivity index (χ1) is 9.55. The minimum Gasteiger partial charge on any atom is -0.381 e. The van der Waals surface area contributed by atoms with Crippen molar-refractivity contribution in [3.05, 3.63) is 34.9 Å². The van der Waals surface area contributed by atoms with Crippen LogP contribution in [0.2, 0.25) is 5.02 Å². The Morgan fingerprint density at radius 3 is 2.65 bits per heavy atom. The summed E-state index contributed by atoms with van der Waals surface area (Å²) in [4.78, 5) is 24.1. The number of imide groups is 1. The lowest BCUT2D eigenvalue weighted by Crippen LogP contribution is -2.57. The number of hydrogen-bond acceptors (Lipinski definition) is 3. The van der Waals surface area contributed by atoms with Crippen LogP contribution in [0.1, 0.15) is 30.7 Å². The van der Waals surface area contributed by atoms with Crippen molar-refractivity contribution in [1.29, 1.82) is 0 Å². The highest BCUT2D eigenvalue weighted by Gasteiger charge is 2.57. The summed E-state index contributed by atoms with van der Waals surface area (Å²) in [5.41, 5.74) is 0.458. The minimum absolute atomic E-state index is 0.124. The lowest BCUT2D eigenvalue weighted by atomic mass is 9.54. The third-order valence-corrected chi connectivity index (χ3v) is 4.81. The van der Waals surface area contributed by atoms with Gasteiger partial charge in [0.05, 0.1) is 12.0 Å².